The van der Waals surface area contributed by atoms with E-state index in [1.165, 1.54) is 30.3 Å². The number of non-ortho nitro benzene ring substituents is 1. The maximum Gasteiger partial charge on any atom is 0.412 e. The van der Waals surface area contributed by atoms with E-state index < -0.39 is 22.7 Å². The van der Waals surface area contributed by atoms with E-state index in [9.17, 15) is 23.7 Å². The number of hydrogen-bond acceptors (Lipinski definition) is 6. The second-order valence-electron chi connectivity index (χ2n) is 6.86. The summed E-state index contributed by atoms with van der Waals surface area (Å²) in [5.74, 6) is -1.60. The van der Waals surface area contributed by atoms with Gasteiger partial charge in [0.05, 0.1) is 17.6 Å². The van der Waals surface area contributed by atoms with Crippen molar-refractivity contribution in [2.24, 2.45) is 0 Å². The highest BCUT2D eigenvalue weighted by Gasteiger charge is 2.26. The first-order valence-electron chi connectivity index (χ1n) is 9.34. The molecular weight excluding hydrogens is 400 g/mol. The molecule has 1 aliphatic heterocycles. The van der Waals surface area contributed by atoms with Gasteiger partial charge in [-0.25, -0.2) is 13.6 Å². The Hall–Kier alpha value is -3.11. The lowest BCUT2D eigenvalue weighted by atomic mass is 10.1. The lowest BCUT2D eigenvalue weighted by Crippen LogP contribution is -2.48. The quantitative estimate of drug-likeness (QED) is 0.567. The van der Waals surface area contributed by atoms with Crippen molar-refractivity contribution >= 4 is 11.8 Å². The van der Waals surface area contributed by atoms with Crippen LogP contribution in [-0.2, 0) is 4.74 Å². The Morgan fingerprint density at radius 1 is 1.30 bits per heavy atom. The molecule has 8 nitrogen and oxygen atoms in total. The predicted molar refractivity (Wildman–Crippen MR) is 103 cm³/mol. The normalized spacial score (nSPS) is 17.9. The van der Waals surface area contributed by atoms with Crippen molar-refractivity contribution in [1.29, 1.82) is 0 Å². The van der Waals surface area contributed by atoms with Crippen LogP contribution >= 0.6 is 0 Å². The van der Waals surface area contributed by atoms with Crippen LogP contribution in [0.3, 0.4) is 0 Å². The van der Waals surface area contributed by atoms with Gasteiger partial charge >= 0.3 is 6.09 Å². The lowest BCUT2D eigenvalue weighted by molar-refractivity contribution is -0.384. The molecule has 1 saturated heterocycles. The summed E-state index contributed by atoms with van der Waals surface area (Å²) in [6, 6.07) is 8.83. The number of hydrogen-bond donors (Lipinski definition) is 1. The van der Waals surface area contributed by atoms with Gasteiger partial charge in [-0.1, -0.05) is 6.07 Å². The van der Waals surface area contributed by atoms with Crippen molar-refractivity contribution < 1.29 is 28.0 Å². The number of nitro groups is 1. The molecule has 30 heavy (non-hydrogen) atoms. The van der Waals surface area contributed by atoms with Crippen LogP contribution in [0.4, 0.5) is 19.3 Å². The summed E-state index contributed by atoms with van der Waals surface area (Å²) in [7, 11) is 0. The van der Waals surface area contributed by atoms with Gasteiger partial charge in [-0.05, 0) is 36.8 Å². The van der Waals surface area contributed by atoms with Crippen LogP contribution < -0.4 is 10.1 Å². The molecule has 0 aliphatic carbocycles. The number of amides is 1. The fourth-order valence-corrected chi connectivity index (χ4v) is 3.18. The van der Waals surface area contributed by atoms with E-state index in [1.807, 2.05) is 6.92 Å². The van der Waals surface area contributed by atoms with Crippen LogP contribution in [0.2, 0.25) is 0 Å². The Morgan fingerprint density at radius 2 is 2.03 bits per heavy atom. The van der Waals surface area contributed by atoms with Crippen LogP contribution in [0.1, 0.15) is 18.5 Å². The lowest BCUT2D eigenvalue weighted by Gasteiger charge is -2.37. The van der Waals surface area contributed by atoms with E-state index >= 15 is 0 Å². The van der Waals surface area contributed by atoms with Crippen LogP contribution in [0, 0.1) is 21.7 Å². The fraction of sp³-hybridized carbons (Fsp3) is 0.350. The zero-order valence-corrected chi connectivity index (χ0v) is 16.2. The average Bonchev–Trinajstić information content (AvgIpc) is 2.74. The molecule has 1 unspecified atom stereocenters. The zero-order chi connectivity index (χ0) is 21.7. The van der Waals surface area contributed by atoms with Crippen molar-refractivity contribution in [3.8, 4) is 5.75 Å². The van der Waals surface area contributed by atoms with Crippen LogP contribution in [0.25, 0.3) is 0 Å². The highest BCUT2D eigenvalue weighted by atomic mass is 19.2. The second kappa shape index (κ2) is 9.59. The molecule has 2 atom stereocenters. The van der Waals surface area contributed by atoms with Crippen molar-refractivity contribution in [2.45, 2.75) is 19.1 Å². The number of nitrogens with one attached hydrogen (secondary N) is 1. The van der Waals surface area contributed by atoms with Gasteiger partial charge < -0.3 is 14.8 Å². The van der Waals surface area contributed by atoms with E-state index in [0.29, 0.717) is 25.3 Å². The molecule has 0 saturated carbocycles. The highest BCUT2D eigenvalue weighted by molar-refractivity contribution is 5.70. The molecule has 0 bridgehead atoms. The van der Waals surface area contributed by atoms with E-state index in [1.54, 1.807) is 6.07 Å². The summed E-state index contributed by atoms with van der Waals surface area (Å²) >= 11 is 0. The van der Waals surface area contributed by atoms with Gasteiger partial charge in [0.15, 0.2) is 11.6 Å². The van der Waals surface area contributed by atoms with Gasteiger partial charge in [-0.3, -0.25) is 15.0 Å². The van der Waals surface area contributed by atoms with Gasteiger partial charge in [0.25, 0.3) is 5.69 Å². The molecular formula is C20H21F2N3O5. The molecule has 1 fully saturated rings. The molecule has 160 valence electrons. The Labute approximate surface area is 171 Å². The number of carbonyl (C=O) groups excluding carboxylic acids is 1. The minimum absolute atomic E-state index is 0.103. The summed E-state index contributed by atoms with van der Waals surface area (Å²) in [5, 5.41) is 13.2. The maximum absolute atomic E-state index is 13.5. The Balaban J connectivity index is 1.50. The average molecular weight is 421 g/mol. The Kier molecular flexibility index (Phi) is 6.91. The molecule has 2 aromatic carbocycles. The summed E-state index contributed by atoms with van der Waals surface area (Å²) in [5.41, 5.74) is 0.550. The van der Waals surface area contributed by atoms with Crippen LogP contribution in [0.5, 0.6) is 5.75 Å². The standard InChI is InChI=1S/C20H21F2N3O5/c1-13(14-2-7-18(21)19(22)10-14)24-8-9-29-17(12-24)11-23-20(26)30-16-5-3-15(4-6-16)25(27)28/h2-7,10,13,17H,8-9,11-12H2,1H3,(H,23,26)/t13?,17-/m0/s1. The Bertz CT molecular complexity index is 910. The van der Waals surface area contributed by atoms with E-state index in [0.717, 1.165) is 6.07 Å². The molecule has 0 radical (unpaired) electrons. The maximum atomic E-state index is 13.5. The van der Waals surface area contributed by atoms with Gasteiger partial charge in [0.1, 0.15) is 5.75 Å². The topological polar surface area (TPSA) is 93.9 Å². The number of ether oxygens (including phenoxy) is 2. The molecule has 1 amide bonds. The first kappa shape index (κ1) is 21.6. The van der Waals surface area contributed by atoms with Gasteiger partial charge in [-0.15, -0.1) is 0 Å². The molecule has 3 rings (SSSR count). The SMILES string of the molecule is CC(c1ccc(F)c(F)c1)N1CCO[C@@H](CNC(=O)Oc2ccc([N+](=O)[O-])cc2)C1. The second-order valence-corrected chi connectivity index (χ2v) is 6.86. The number of nitro benzene ring substituents is 1. The molecule has 1 heterocycles. The van der Waals surface area contributed by atoms with Crippen molar-refractivity contribution in [1.82, 2.24) is 10.2 Å². The Morgan fingerprint density at radius 3 is 2.70 bits per heavy atom. The largest absolute Gasteiger partial charge is 0.412 e. The molecule has 0 spiro atoms. The predicted octanol–water partition coefficient (Wildman–Crippen LogP) is 3.42. The first-order chi connectivity index (χ1) is 14.3. The number of halogens is 2. The number of benzene rings is 2. The third-order valence-electron chi connectivity index (χ3n) is 4.88. The number of rotatable bonds is 6. The first-order valence-corrected chi connectivity index (χ1v) is 9.34. The van der Waals surface area contributed by atoms with Gasteiger partial charge in [0.2, 0.25) is 0 Å². The third kappa shape index (κ3) is 5.49. The minimum Gasteiger partial charge on any atom is -0.410 e. The molecule has 2 aromatic rings. The molecule has 0 aromatic heterocycles. The number of nitrogens with zero attached hydrogens (tertiary/aromatic N) is 2. The van der Waals surface area contributed by atoms with Crippen molar-refractivity contribution in [3.05, 3.63) is 69.8 Å². The van der Waals surface area contributed by atoms with Gasteiger partial charge in [0, 0.05) is 37.8 Å². The van der Waals surface area contributed by atoms with E-state index in [-0.39, 0.29) is 30.1 Å². The summed E-state index contributed by atoms with van der Waals surface area (Å²) < 4.78 is 37.4. The van der Waals surface area contributed by atoms with Gasteiger partial charge in [-0.2, -0.15) is 0 Å². The fourth-order valence-electron chi connectivity index (χ4n) is 3.18. The summed E-state index contributed by atoms with van der Waals surface area (Å²) in [6.07, 6.45) is -1.02. The highest BCUT2D eigenvalue weighted by Crippen LogP contribution is 2.24. The molecule has 10 heteroatoms. The van der Waals surface area contributed by atoms with E-state index in [4.69, 9.17) is 9.47 Å². The van der Waals surface area contributed by atoms with Crippen molar-refractivity contribution in [2.75, 3.05) is 26.2 Å². The molecule has 1 N–H and O–H groups in total. The minimum atomic E-state index is -0.889. The third-order valence-corrected chi connectivity index (χ3v) is 4.88. The number of carbonyl (C=O) groups is 1. The smallest absolute Gasteiger partial charge is 0.410 e. The summed E-state index contributed by atoms with van der Waals surface area (Å²) in [6.45, 7) is 3.61. The van der Waals surface area contributed by atoms with E-state index in [2.05, 4.69) is 10.2 Å². The van der Waals surface area contributed by atoms with Crippen LogP contribution in [-0.4, -0.2) is 48.3 Å². The molecule has 1 aliphatic rings. The number of morpholine rings is 1. The van der Waals surface area contributed by atoms with Crippen molar-refractivity contribution in [3.63, 3.8) is 0 Å². The zero-order valence-electron chi connectivity index (χ0n) is 16.2. The monoisotopic (exact) mass is 421 g/mol. The summed E-state index contributed by atoms with van der Waals surface area (Å²) in [4.78, 5) is 24.1. The van der Waals surface area contributed by atoms with Crippen LogP contribution in [0.15, 0.2) is 42.5 Å².